The molecule has 8 nitrogen and oxygen atoms in total. The third kappa shape index (κ3) is 7.37. The van der Waals surface area contributed by atoms with E-state index in [9.17, 15) is 0 Å². The zero-order valence-electron chi connectivity index (χ0n) is 22.3. The van der Waals surface area contributed by atoms with E-state index in [1.165, 1.54) is 44.1 Å². The summed E-state index contributed by atoms with van der Waals surface area (Å²) in [7, 11) is 0. The fraction of sp³-hybridized carbons (Fsp3) is 0.433. The molecule has 2 saturated heterocycles. The number of ether oxygens (including phenoxy) is 2. The van der Waals surface area contributed by atoms with E-state index in [-0.39, 0.29) is 0 Å². The Morgan fingerprint density at radius 1 is 0.789 bits per heavy atom. The van der Waals surface area contributed by atoms with Crippen molar-refractivity contribution >= 4 is 23.8 Å². The Labute approximate surface area is 225 Å². The predicted molar refractivity (Wildman–Crippen MR) is 154 cm³/mol. The highest BCUT2D eigenvalue weighted by molar-refractivity contribution is 5.80. The number of hydrogen-bond acceptors (Lipinski definition) is 8. The van der Waals surface area contributed by atoms with Gasteiger partial charge in [0, 0.05) is 32.2 Å². The van der Waals surface area contributed by atoms with Gasteiger partial charge in [-0.25, -0.2) is 0 Å². The first-order valence-corrected chi connectivity index (χ1v) is 13.8. The van der Waals surface area contributed by atoms with Gasteiger partial charge in [0.1, 0.15) is 30.5 Å². The molecule has 1 aromatic heterocycles. The lowest BCUT2D eigenvalue weighted by Gasteiger charge is -2.31. The van der Waals surface area contributed by atoms with Crippen LogP contribution in [0.25, 0.3) is 0 Å². The highest BCUT2D eigenvalue weighted by atomic mass is 16.5. The quantitative estimate of drug-likeness (QED) is 0.212. The summed E-state index contributed by atoms with van der Waals surface area (Å²) < 4.78 is 11.7. The van der Waals surface area contributed by atoms with E-state index in [0.717, 1.165) is 60.8 Å². The molecule has 5 rings (SSSR count). The maximum Gasteiger partial charge on any atom is 0.229 e. The van der Waals surface area contributed by atoms with Crippen LogP contribution < -0.4 is 24.7 Å². The Morgan fingerprint density at radius 3 is 2.16 bits per heavy atom. The van der Waals surface area contributed by atoms with Gasteiger partial charge in [-0.1, -0.05) is 24.3 Å². The van der Waals surface area contributed by atoms with E-state index in [1.807, 2.05) is 48.5 Å². The normalized spacial score (nSPS) is 16.0. The standard InChI is InChI=1S/C30H38N6O2/c1-24-10-8-12-26(20-24)37-18-19-38-27-13-9-11-25(21-27)23-31-34-28-22-29(35-14-4-2-5-15-35)33-30(32-28)36-16-6-3-7-17-36/h8-13,20-23H,2-7,14-19H2,1H3,(H,32,33,34)/b31-23+. The van der Waals surface area contributed by atoms with Crippen LogP contribution in [-0.4, -0.2) is 55.6 Å². The van der Waals surface area contributed by atoms with Crippen LogP contribution in [0.4, 0.5) is 17.6 Å². The van der Waals surface area contributed by atoms with Crippen molar-refractivity contribution in [2.24, 2.45) is 5.10 Å². The Morgan fingerprint density at radius 2 is 1.45 bits per heavy atom. The summed E-state index contributed by atoms with van der Waals surface area (Å²) >= 11 is 0. The van der Waals surface area contributed by atoms with Crippen molar-refractivity contribution in [3.8, 4) is 11.5 Å². The summed E-state index contributed by atoms with van der Waals surface area (Å²) in [5, 5.41) is 4.49. The van der Waals surface area contributed by atoms with Gasteiger partial charge in [-0.3, -0.25) is 5.43 Å². The molecule has 0 spiro atoms. The molecular weight excluding hydrogens is 476 g/mol. The van der Waals surface area contributed by atoms with Crippen molar-refractivity contribution in [2.75, 3.05) is 54.6 Å². The van der Waals surface area contributed by atoms with E-state index in [2.05, 4.69) is 33.3 Å². The van der Waals surface area contributed by atoms with E-state index < -0.39 is 0 Å². The van der Waals surface area contributed by atoms with Gasteiger partial charge in [-0.05, 0) is 80.8 Å². The molecule has 8 heteroatoms. The average Bonchev–Trinajstić information content (AvgIpc) is 2.96. The Kier molecular flexibility index (Phi) is 8.92. The van der Waals surface area contributed by atoms with Crippen LogP contribution >= 0.6 is 0 Å². The number of anilines is 3. The summed E-state index contributed by atoms with van der Waals surface area (Å²) in [6.45, 7) is 7.10. The van der Waals surface area contributed by atoms with Crippen LogP contribution in [-0.2, 0) is 0 Å². The van der Waals surface area contributed by atoms with Gasteiger partial charge in [-0.15, -0.1) is 0 Å². The highest BCUT2D eigenvalue weighted by Gasteiger charge is 2.19. The second-order valence-electron chi connectivity index (χ2n) is 9.96. The second-order valence-corrected chi connectivity index (χ2v) is 9.96. The molecule has 0 amide bonds. The number of rotatable bonds is 10. The summed E-state index contributed by atoms with van der Waals surface area (Å²) in [4.78, 5) is 14.4. The van der Waals surface area contributed by atoms with Gasteiger partial charge in [0.15, 0.2) is 5.82 Å². The van der Waals surface area contributed by atoms with E-state index in [0.29, 0.717) is 13.2 Å². The first kappa shape index (κ1) is 25.8. The molecule has 3 heterocycles. The molecule has 2 fully saturated rings. The summed E-state index contributed by atoms with van der Waals surface area (Å²) in [6, 6.07) is 17.9. The van der Waals surface area contributed by atoms with Crippen molar-refractivity contribution in [1.82, 2.24) is 9.97 Å². The van der Waals surface area contributed by atoms with Gasteiger partial charge in [0.2, 0.25) is 5.95 Å². The zero-order chi connectivity index (χ0) is 26.0. The second kappa shape index (κ2) is 13.1. The van der Waals surface area contributed by atoms with Crippen molar-refractivity contribution in [3.05, 3.63) is 65.7 Å². The summed E-state index contributed by atoms with van der Waals surface area (Å²) in [6.07, 6.45) is 9.16. The minimum Gasteiger partial charge on any atom is -0.490 e. The van der Waals surface area contributed by atoms with Crippen LogP contribution in [0.1, 0.15) is 49.7 Å². The molecule has 0 saturated carbocycles. The molecule has 0 radical (unpaired) electrons. The molecule has 0 unspecified atom stereocenters. The zero-order valence-corrected chi connectivity index (χ0v) is 22.3. The minimum atomic E-state index is 0.465. The Bertz CT molecular complexity index is 1170. The number of hydrazone groups is 1. The monoisotopic (exact) mass is 514 g/mol. The van der Waals surface area contributed by atoms with Crippen LogP contribution in [0.3, 0.4) is 0 Å². The van der Waals surface area contributed by atoms with Gasteiger partial charge in [0.25, 0.3) is 0 Å². The van der Waals surface area contributed by atoms with Crippen molar-refractivity contribution in [1.29, 1.82) is 0 Å². The highest BCUT2D eigenvalue weighted by Crippen LogP contribution is 2.25. The van der Waals surface area contributed by atoms with Gasteiger partial charge in [-0.2, -0.15) is 15.1 Å². The third-order valence-corrected chi connectivity index (χ3v) is 6.88. The molecule has 1 N–H and O–H groups in total. The van der Waals surface area contributed by atoms with Crippen molar-refractivity contribution < 1.29 is 9.47 Å². The maximum absolute atomic E-state index is 5.89. The first-order chi connectivity index (χ1) is 18.7. The first-order valence-electron chi connectivity index (χ1n) is 13.8. The van der Waals surface area contributed by atoms with Crippen molar-refractivity contribution in [3.63, 3.8) is 0 Å². The summed E-state index contributed by atoms with van der Waals surface area (Å²) in [5.74, 6) is 4.15. The van der Waals surface area contributed by atoms with Crippen LogP contribution in [0.15, 0.2) is 59.7 Å². The molecule has 3 aromatic rings. The van der Waals surface area contributed by atoms with E-state index >= 15 is 0 Å². The Hall–Kier alpha value is -3.81. The minimum absolute atomic E-state index is 0.465. The average molecular weight is 515 g/mol. The molecule has 2 aliphatic heterocycles. The number of aromatic nitrogens is 2. The molecule has 2 aliphatic rings. The number of hydrogen-bond donors (Lipinski definition) is 1. The SMILES string of the molecule is Cc1cccc(OCCOc2cccc(/C=N/Nc3cc(N4CCCCC4)nc(N4CCCCC4)n3)c2)c1. The van der Waals surface area contributed by atoms with E-state index in [4.69, 9.17) is 19.4 Å². The molecule has 38 heavy (non-hydrogen) atoms. The lowest BCUT2D eigenvalue weighted by molar-refractivity contribution is 0.217. The predicted octanol–water partition coefficient (Wildman–Crippen LogP) is 5.67. The fourth-order valence-corrected chi connectivity index (χ4v) is 4.88. The molecule has 0 bridgehead atoms. The van der Waals surface area contributed by atoms with Gasteiger partial charge < -0.3 is 19.3 Å². The van der Waals surface area contributed by atoms with Crippen molar-refractivity contribution in [2.45, 2.75) is 45.4 Å². The molecule has 0 atom stereocenters. The fourth-order valence-electron chi connectivity index (χ4n) is 4.88. The molecular formula is C30H38N6O2. The van der Waals surface area contributed by atoms with Gasteiger partial charge in [0.05, 0.1) is 6.21 Å². The topological polar surface area (TPSA) is 75.1 Å². The van der Waals surface area contributed by atoms with Crippen LogP contribution in [0.2, 0.25) is 0 Å². The number of benzene rings is 2. The molecule has 0 aliphatic carbocycles. The lowest BCUT2D eigenvalue weighted by atomic mass is 10.1. The number of aryl methyl sites for hydroxylation is 1. The largest absolute Gasteiger partial charge is 0.490 e. The van der Waals surface area contributed by atoms with Gasteiger partial charge >= 0.3 is 0 Å². The number of nitrogens with zero attached hydrogens (tertiary/aromatic N) is 5. The molecule has 200 valence electrons. The molecule has 2 aromatic carbocycles. The van der Waals surface area contributed by atoms with E-state index in [1.54, 1.807) is 6.21 Å². The lowest BCUT2D eigenvalue weighted by Crippen LogP contribution is -2.33. The summed E-state index contributed by atoms with van der Waals surface area (Å²) in [5.41, 5.74) is 5.27. The Balaban J connectivity index is 1.20. The van der Waals surface area contributed by atoms with Crippen LogP contribution in [0.5, 0.6) is 11.5 Å². The van der Waals surface area contributed by atoms with Crippen LogP contribution in [0, 0.1) is 6.92 Å². The third-order valence-electron chi connectivity index (χ3n) is 6.88. The smallest absolute Gasteiger partial charge is 0.229 e. The number of nitrogens with one attached hydrogen (secondary N) is 1. The number of piperidine rings is 2. The maximum atomic E-state index is 5.89.